The van der Waals surface area contributed by atoms with Gasteiger partial charge in [0.1, 0.15) is 5.82 Å². The van der Waals surface area contributed by atoms with E-state index in [9.17, 15) is 0 Å². The van der Waals surface area contributed by atoms with Crippen molar-refractivity contribution in [1.29, 1.82) is 0 Å². The summed E-state index contributed by atoms with van der Waals surface area (Å²) in [6.07, 6.45) is 2.85. The first-order chi connectivity index (χ1) is 12.7. The fourth-order valence-electron chi connectivity index (χ4n) is 3.64. The Morgan fingerprint density at radius 3 is 2.62 bits per heavy atom. The van der Waals surface area contributed by atoms with E-state index in [0.717, 1.165) is 23.7 Å². The van der Waals surface area contributed by atoms with Crippen LogP contribution in [0.15, 0.2) is 54.7 Å². The Morgan fingerprint density at radius 2 is 1.77 bits per heavy atom. The Hall–Kier alpha value is -2.43. The van der Waals surface area contributed by atoms with E-state index in [0.29, 0.717) is 5.82 Å². The summed E-state index contributed by atoms with van der Waals surface area (Å²) in [6, 6.07) is 17.3. The van der Waals surface area contributed by atoms with Crippen LogP contribution < -0.4 is 5.73 Å². The molecule has 134 valence electrons. The summed E-state index contributed by atoms with van der Waals surface area (Å²) in [7, 11) is 2.20. The van der Waals surface area contributed by atoms with Crippen LogP contribution in [-0.2, 0) is 6.42 Å². The summed E-state index contributed by atoms with van der Waals surface area (Å²) in [5.41, 5.74) is 9.88. The lowest BCUT2D eigenvalue weighted by molar-refractivity contribution is 0.155. The van der Waals surface area contributed by atoms with Crippen LogP contribution in [0.2, 0.25) is 0 Å². The standard InChI is InChI=1S/C22H26N4/c1-25-11-13-26(14-12-25)10-8-17-3-2-4-19(15-17)20-6-5-18-7-9-24-22(23)21(18)16-20/h2-7,9,15-16H,8,10-14H2,1H3,(H2,23,24). The largest absolute Gasteiger partial charge is 0.383 e. The van der Waals surface area contributed by atoms with Crippen LogP contribution >= 0.6 is 0 Å². The van der Waals surface area contributed by atoms with Crippen molar-refractivity contribution in [1.82, 2.24) is 14.8 Å². The van der Waals surface area contributed by atoms with Gasteiger partial charge in [0.25, 0.3) is 0 Å². The summed E-state index contributed by atoms with van der Waals surface area (Å²) >= 11 is 0. The van der Waals surface area contributed by atoms with Gasteiger partial charge >= 0.3 is 0 Å². The van der Waals surface area contributed by atoms with Gasteiger partial charge in [-0.2, -0.15) is 0 Å². The van der Waals surface area contributed by atoms with Crippen molar-refractivity contribution in [3.8, 4) is 11.1 Å². The van der Waals surface area contributed by atoms with Crippen LogP contribution in [0.25, 0.3) is 21.9 Å². The molecule has 4 nitrogen and oxygen atoms in total. The van der Waals surface area contributed by atoms with Gasteiger partial charge in [0.05, 0.1) is 0 Å². The Kier molecular flexibility index (Phi) is 4.87. The molecule has 1 aromatic heterocycles. The number of hydrogen-bond acceptors (Lipinski definition) is 4. The van der Waals surface area contributed by atoms with Crippen molar-refractivity contribution < 1.29 is 0 Å². The zero-order valence-electron chi connectivity index (χ0n) is 15.4. The number of anilines is 1. The number of piperazine rings is 1. The van der Waals surface area contributed by atoms with E-state index >= 15 is 0 Å². The number of benzene rings is 2. The molecule has 2 aromatic carbocycles. The zero-order valence-corrected chi connectivity index (χ0v) is 15.4. The van der Waals surface area contributed by atoms with Gasteiger partial charge < -0.3 is 15.5 Å². The molecule has 0 saturated carbocycles. The summed E-state index contributed by atoms with van der Waals surface area (Å²) in [5.74, 6) is 0.593. The molecule has 1 saturated heterocycles. The maximum absolute atomic E-state index is 6.05. The minimum absolute atomic E-state index is 0.593. The second kappa shape index (κ2) is 7.44. The highest BCUT2D eigenvalue weighted by atomic mass is 15.2. The predicted octanol–water partition coefficient (Wildman–Crippen LogP) is 3.27. The number of nitrogen functional groups attached to an aromatic ring is 1. The minimum atomic E-state index is 0.593. The van der Waals surface area contributed by atoms with Gasteiger partial charge in [-0.3, -0.25) is 0 Å². The molecule has 2 heterocycles. The van der Waals surface area contributed by atoms with E-state index in [-0.39, 0.29) is 0 Å². The summed E-state index contributed by atoms with van der Waals surface area (Å²) in [6.45, 7) is 5.82. The lowest BCUT2D eigenvalue weighted by Crippen LogP contribution is -2.45. The molecule has 0 bridgehead atoms. The summed E-state index contributed by atoms with van der Waals surface area (Å²) in [5, 5.41) is 2.15. The van der Waals surface area contributed by atoms with Gasteiger partial charge in [-0.05, 0) is 47.7 Å². The van der Waals surface area contributed by atoms with Crippen molar-refractivity contribution in [2.75, 3.05) is 45.5 Å². The lowest BCUT2D eigenvalue weighted by Gasteiger charge is -2.32. The second-order valence-electron chi connectivity index (χ2n) is 7.23. The highest BCUT2D eigenvalue weighted by molar-refractivity contribution is 5.94. The quantitative estimate of drug-likeness (QED) is 0.787. The van der Waals surface area contributed by atoms with E-state index in [2.05, 4.69) is 64.3 Å². The van der Waals surface area contributed by atoms with E-state index in [1.165, 1.54) is 42.9 Å². The number of pyridine rings is 1. The van der Waals surface area contributed by atoms with Gasteiger partial charge in [0.15, 0.2) is 0 Å². The minimum Gasteiger partial charge on any atom is -0.383 e. The zero-order chi connectivity index (χ0) is 17.9. The van der Waals surface area contributed by atoms with Crippen molar-refractivity contribution in [3.63, 3.8) is 0 Å². The molecule has 2 N–H and O–H groups in total. The molecule has 0 aliphatic carbocycles. The predicted molar refractivity (Wildman–Crippen MR) is 109 cm³/mol. The molecule has 0 spiro atoms. The first-order valence-corrected chi connectivity index (χ1v) is 9.33. The average Bonchev–Trinajstić information content (AvgIpc) is 2.68. The van der Waals surface area contributed by atoms with E-state index in [4.69, 9.17) is 5.73 Å². The number of hydrogen-bond donors (Lipinski definition) is 1. The SMILES string of the molecule is CN1CCN(CCc2cccc(-c3ccc4ccnc(N)c4c3)c2)CC1. The van der Waals surface area contributed by atoms with Gasteiger partial charge in [0, 0.05) is 44.3 Å². The van der Waals surface area contributed by atoms with Gasteiger partial charge in [-0.25, -0.2) is 4.98 Å². The first-order valence-electron chi connectivity index (χ1n) is 9.33. The molecule has 3 aromatic rings. The molecule has 26 heavy (non-hydrogen) atoms. The fourth-order valence-corrected chi connectivity index (χ4v) is 3.64. The third-order valence-electron chi connectivity index (χ3n) is 5.37. The summed E-state index contributed by atoms with van der Waals surface area (Å²) < 4.78 is 0. The molecule has 1 aliphatic rings. The number of fused-ring (bicyclic) bond motifs is 1. The second-order valence-corrected chi connectivity index (χ2v) is 7.23. The van der Waals surface area contributed by atoms with Gasteiger partial charge in [-0.15, -0.1) is 0 Å². The highest BCUT2D eigenvalue weighted by Gasteiger charge is 2.13. The van der Waals surface area contributed by atoms with Crippen molar-refractivity contribution in [3.05, 3.63) is 60.3 Å². The molecule has 0 amide bonds. The van der Waals surface area contributed by atoms with Gasteiger partial charge in [-0.1, -0.05) is 36.4 Å². The Labute approximate surface area is 155 Å². The van der Waals surface area contributed by atoms with Crippen LogP contribution in [0.5, 0.6) is 0 Å². The summed E-state index contributed by atoms with van der Waals surface area (Å²) in [4.78, 5) is 9.18. The monoisotopic (exact) mass is 346 g/mol. The number of nitrogens with two attached hydrogens (primary N) is 1. The molecule has 4 heteroatoms. The third kappa shape index (κ3) is 3.71. The van der Waals surface area contributed by atoms with Crippen LogP contribution in [0.1, 0.15) is 5.56 Å². The Morgan fingerprint density at radius 1 is 0.962 bits per heavy atom. The van der Waals surface area contributed by atoms with Crippen molar-refractivity contribution in [2.24, 2.45) is 0 Å². The van der Waals surface area contributed by atoms with Gasteiger partial charge in [0.2, 0.25) is 0 Å². The van der Waals surface area contributed by atoms with Crippen LogP contribution in [0, 0.1) is 0 Å². The molecular weight excluding hydrogens is 320 g/mol. The van der Waals surface area contributed by atoms with Crippen LogP contribution in [0.4, 0.5) is 5.82 Å². The Bertz CT molecular complexity index is 898. The molecular formula is C22H26N4. The van der Waals surface area contributed by atoms with E-state index < -0.39 is 0 Å². The van der Waals surface area contributed by atoms with Crippen molar-refractivity contribution in [2.45, 2.75) is 6.42 Å². The molecule has 0 unspecified atom stereocenters. The lowest BCUT2D eigenvalue weighted by atomic mass is 9.99. The van der Waals surface area contributed by atoms with E-state index in [1.54, 1.807) is 6.20 Å². The molecule has 0 radical (unpaired) electrons. The fraction of sp³-hybridized carbons (Fsp3) is 0.318. The average molecular weight is 346 g/mol. The smallest absolute Gasteiger partial charge is 0.131 e. The molecule has 0 atom stereocenters. The highest BCUT2D eigenvalue weighted by Crippen LogP contribution is 2.27. The first kappa shape index (κ1) is 17.0. The number of nitrogens with zero attached hydrogens (tertiary/aromatic N) is 3. The third-order valence-corrected chi connectivity index (χ3v) is 5.37. The van der Waals surface area contributed by atoms with E-state index in [1.807, 2.05) is 6.07 Å². The number of likely N-dealkylation sites (N-methyl/N-ethyl adjacent to an activating group) is 1. The van der Waals surface area contributed by atoms with Crippen LogP contribution in [-0.4, -0.2) is 54.6 Å². The molecule has 1 fully saturated rings. The Balaban J connectivity index is 1.51. The van der Waals surface area contributed by atoms with Crippen molar-refractivity contribution >= 4 is 16.6 Å². The number of rotatable bonds is 4. The topological polar surface area (TPSA) is 45.4 Å². The maximum Gasteiger partial charge on any atom is 0.131 e. The normalized spacial score (nSPS) is 16.2. The maximum atomic E-state index is 6.05. The van der Waals surface area contributed by atoms with Crippen LogP contribution in [0.3, 0.4) is 0 Å². The number of aromatic nitrogens is 1. The molecule has 1 aliphatic heterocycles. The molecule has 4 rings (SSSR count).